The summed E-state index contributed by atoms with van der Waals surface area (Å²) < 4.78 is 0. The van der Waals surface area contributed by atoms with Crippen molar-refractivity contribution in [2.45, 2.75) is 32.4 Å². The van der Waals surface area contributed by atoms with Crippen molar-refractivity contribution in [2.75, 3.05) is 13.1 Å². The molecule has 62 valence electrons. The second-order valence-electron chi connectivity index (χ2n) is 2.64. The van der Waals surface area contributed by atoms with Gasteiger partial charge in [0, 0.05) is 6.54 Å². The van der Waals surface area contributed by atoms with E-state index in [2.05, 4.69) is 12.2 Å². The zero-order chi connectivity index (χ0) is 8.04. The van der Waals surface area contributed by atoms with Crippen LogP contribution in [0.4, 0.5) is 0 Å². The maximum Gasteiger partial charge on any atom is 0.0785 e. The van der Waals surface area contributed by atoms with E-state index >= 15 is 0 Å². The van der Waals surface area contributed by atoms with Crippen LogP contribution in [0.1, 0.15) is 26.7 Å². The fourth-order valence-electron chi connectivity index (χ4n) is 0.715. The molecule has 0 aliphatic carbocycles. The Balaban J connectivity index is 3.58. The molecule has 0 saturated carbocycles. The van der Waals surface area contributed by atoms with Crippen molar-refractivity contribution < 1.29 is 0 Å². The third-order valence-electron chi connectivity index (χ3n) is 1.72. The molecule has 0 aliphatic rings. The van der Waals surface area contributed by atoms with Crippen molar-refractivity contribution in [3.8, 4) is 0 Å². The van der Waals surface area contributed by atoms with Gasteiger partial charge in [-0.3, -0.25) is 5.32 Å². The van der Waals surface area contributed by atoms with Gasteiger partial charge in [-0.05, 0) is 19.4 Å². The van der Waals surface area contributed by atoms with Crippen molar-refractivity contribution in [2.24, 2.45) is 11.5 Å². The predicted molar refractivity (Wildman–Crippen MR) is 44.6 cm³/mol. The zero-order valence-electron chi connectivity index (χ0n) is 6.98. The highest BCUT2D eigenvalue weighted by atomic mass is 15.1. The van der Waals surface area contributed by atoms with Gasteiger partial charge in [0.05, 0.1) is 5.66 Å². The molecule has 0 bridgehead atoms. The standard InChI is InChI=1S/C7H19N3/c1-3-5-10-7(9,4-2)6-8/h10H,3-6,8-9H2,1-2H3. The van der Waals surface area contributed by atoms with E-state index in [0.717, 1.165) is 19.4 Å². The summed E-state index contributed by atoms with van der Waals surface area (Å²) in [7, 11) is 0. The second-order valence-corrected chi connectivity index (χ2v) is 2.64. The van der Waals surface area contributed by atoms with E-state index in [1.807, 2.05) is 6.92 Å². The third kappa shape index (κ3) is 3.15. The summed E-state index contributed by atoms with van der Waals surface area (Å²) in [6.45, 7) is 5.60. The van der Waals surface area contributed by atoms with Crippen LogP contribution >= 0.6 is 0 Å². The van der Waals surface area contributed by atoms with Crippen LogP contribution < -0.4 is 16.8 Å². The first-order valence-corrected chi connectivity index (χ1v) is 3.92. The molecule has 0 fully saturated rings. The molecule has 0 aromatic carbocycles. The van der Waals surface area contributed by atoms with Gasteiger partial charge >= 0.3 is 0 Å². The Hall–Kier alpha value is -0.120. The molecule has 3 nitrogen and oxygen atoms in total. The van der Waals surface area contributed by atoms with Crippen molar-refractivity contribution in [1.82, 2.24) is 5.32 Å². The minimum atomic E-state index is -0.337. The van der Waals surface area contributed by atoms with Crippen molar-refractivity contribution in [3.05, 3.63) is 0 Å². The molecular weight excluding hydrogens is 126 g/mol. The van der Waals surface area contributed by atoms with Crippen molar-refractivity contribution in [3.63, 3.8) is 0 Å². The van der Waals surface area contributed by atoms with Gasteiger partial charge in [-0.25, -0.2) is 0 Å². The molecule has 0 spiro atoms. The first-order chi connectivity index (χ1) is 4.68. The summed E-state index contributed by atoms with van der Waals surface area (Å²) in [4.78, 5) is 0. The van der Waals surface area contributed by atoms with Gasteiger partial charge in [0.2, 0.25) is 0 Å². The number of nitrogens with two attached hydrogens (primary N) is 2. The monoisotopic (exact) mass is 145 g/mol. The average molecular weight is 145 g/mol. The molecule has 1 atom stereocenters. The van der Waals surface area contributed by atoms with Crippen molar-refractivity contribution in [1.29, 1.82) is 0 Å². The van der Waals surface area contributed by atoms with Crippen LogP contribution in [-0.2, 0) is 0 Å². The average Bonchev–Trinajstić information content (AvgIpc) is 2.00. The van der Waals surface area contributed by atoms with Gasteiger partial charge in [0.15, 0.2) is 0 Å². The Kier molecular flexibility index (Phi) is 4.60. The Morgan fingerprint density at radius 3 is 2.30 bits per heavy atom. The topological polar surface area (TPSA) is 64.1 Å². The van der Waals surface area contributed by atoms with Gasteiger partial charge < -0.3 is 11.5 Å². The van der Waals surface area contributed by atoms with Crippen LogP contribution in [-0.4, -0.2) is 18.8 Å². The van der Waals surface area contributed by atoms with E-state index in [0.29, 0.717) is 6.54 Å². The number of rotatable bonds is 5. The van der Waals surface area contributed by atoms with Crippen LogP contribution in [0.3, 0.4) is 0 Å². The van der Waals surface area contributed by atoms with Crippen LogP contribution in [0.25, 0.3) is 0 Å². The molecule has 0 heterocycles. The van der Waals surface area contributed by atoms with Gasteiger partial charge in [0.1, 0.15) is 0 Å². The molecule has 0 aromatic rings. The lowest BCUT2D eigenvalue weighted by molar-refractivity contribution is 0.333. The van der Waals surface area contributed by atoms with Gasteiger partial charge in [-0.1, -0.05) is 13.8 Å². The molecule has 0 amide bonds. The third-order valence-corrected chi connectivity index (χ3v) is 1.72. The van der Waals surface area contributed by atoms with E-state index in [1.165, 1.54) is 0 Å². The quantitative estimate of drug-likeness (QED) is 0.477. The molecule has 0 radical (unpaired) electrons. The molecule has 0 aliphatic heterocycles. The van der Waals surface area contributed by atoms with Gasteiger partial charge in [0.25, 0.3) is 0 Å². The summed E-state index contributed by atoms with van der Waals surface area (Å²) >= 11 is 0. The first-order valence-electron chi connectivity index (χ1n) is 3.92. The number of nitrogens with one attached hydrogen (secondary N) is 1. The van der Waals surface area contributed by atoms with E-state index in [1.54, 1.807) is 0 Å². The lowest BCUT2D eigenvalue weighted by Crippen LogP contribution is -2.58. The second kappa shape index (κ2) is 4.66. The molecule has 0 saturated heterocycles. The Morgan fingerprint density at radius 1 is 1.40 bits per heavy atom. The van der Waals surface area contributed by atoms with E-state index in [-0.39, 0.29) is 5.66 Å². The minimum absolute atomic E-state index is 0.337. The molecular formula is C7H19N3. The van der Waals surface area contributed by atoms with Crippen LogP contribution in [0.5, 0.6) is 0 Å². The smallest absolute Gasteiger partial charge is 0.0785 e. The number of hydrogen-bond acceptors (Lipinski definition) is 3. The molecule has 10 heavy (non-hydrogen) atoms. The number of hydrogen-bond donors (Lipinski definition) is 3. The zero-order valence-corrected chi connectivity index (χ0v) is 6.98. The highest BCUT2D eigenvalue weighted by Gasteiger charge is 2.17. The Morgan fingerprint density at radius 2 is 2.00 bits per heavy atom. The van der Waals surface area contributed by atoms with Crippen LogP contribution in [0.2, 0.25) is 0 Å². The predicted octanol–water partition coefficient (Wildman–Crippen LogP) is 0.00970. The molecule has 0 rings (SSSR count). The summed E-state index contributed by atoms with van der Waals surface area (Å²) in [6.07, 6.45) is 1.97. The summed E-state index contributed by atoms with van der Waals surface area (Å²) in [5.74, 6) is 0. The maximum atomic E-state index is 5.85. The molecule has 5 N–H and O–H groups in total. The molecule has 3 heteroatoms. The normalized spacial score (nSPS) is 16.8. The Bertz CT molecular complexity index is 78.9. The van der Waals surface area contributed by atoms with E-state index in [9.17, 15) is 0 Å². The van der Waals surface area contributed by atoms with Crippen molar-refractivity contribution >= 4 is 0 Å². The lowest BCUT2D eigenvalue weighted by atomic mass is 10.1. The fraction of sp³-hybridized carbons (Fsp3) is 1.00. The van der Waals surface area contributed by atoms with E-state index in [4.69, 9.17) is 11.5 Å². The summed E-state index contributed by atoms with van der Waals surface area (Å²) in [5.41, 5.74) is 11.0. The summed E-state index contributed by atoms with van der Waals surface area (Å²) in [6, 6.07) is 0. The Labute approximate surface area is 63.2 Å². The highest BCUT2D eigenvalue weighted by Crippen LogP contribution is 1.97. The largest absolute Gasteiger partial charge is 0.328 e. The molecule has 1 unspecified atom stereocenters. The highest BCUT2D eigenvalue weighted by molar-refractivity contribution is 4.79. The maximum absolute atomic E-state index is 5.85. The van der Waals surface area contributed by atoms with E-state index < -0.39 is 0 Å². The van der Waals surface area contributed by atoms with Gasteiger partial charge in [-0.15, -0.1) is 0 Å². The SMILES string of the molecule is CCCNC(N)(CC)CN. The van der Waals surface area contributed by atoms with Gasteiger partial charge in [-0.2, -0.15) is 0 Å². The summed E-state index contributed by atoms with van der Waals surface area (Å²) in [5, 5.41) is 3.20. The van der Waals surface area contributed by atoms with Crippen LogP contribution in [0, 0.1) is 0 Å². The first kappa shape index (κ1) is 9.88. The molecule has 0 aromatic heterocycles. The lowest BCUT2D eigenvalue weighted by Gasteiger charge is -2.27. The minimum Gasteiger partial charge on any atom is -0.328 e. The van der Waals surface area contributed by atoms with Crippen LogP contribution in [0.15, 0.2) is 0 Å². The fourth-order valence-corrected chi connectivity index (χ4v) is 0.715.